The first-order valence-electron chi connectivity index (χ1n) is 4.48. The maximum Gasteiger partial charge on any atom is 0.232 e. The Morgan fingerprint density at radius 3 is 1.83 bits per heavy atom. The molecule has 3 nitrogen and oxygen atoms in total. The van der Waals surface area contributed by atoms with Crippen LogP contribution >= 0.6 is 0 Å². The van der Waals surface area contributed by atoms with E-state index in [1.165, 1.54) is 4.90 Å². The summed E-state index contributed by atoms with van der Waals surface area (Å²) in [4.78, 5) is 24.4. The van der Waals surface area contributed by atoms with E-state index in [0.29, 0.717) is 0 Å². The molecule has 0 aromatic heterocycles. The molecule has 2 saturated heterocycles. The van der Waals surface area contributed by atoms with Gasteiger partial charge in [-0.05, 0) is 12.8 Å². The summed E-state index contributed by atoms with van der Waals surface area (Å²) in [5, 5.41) is 0. The summed E-state index contributed by atoms with van der Waals surface area (Å²) in [6.45, 7) is 3.80. The molecule has 0 N–H and O–H groups in total. The van der Waals surface area contributed by atoms with Gasteiger partial charge in [-0.2, -0.15) is 0 Å². The van der Waals surface area contributed by atoms with E-state index in [1.54, 1.807) is 0 Å². The van der Waals surface area contributed by atoms with Gasteiger partial charge in [-0.15, -0.1) is 0 Å². The van der Waals surface area contributed by atoms with E-state index in [9.17, 15) is 9.59 Å². The summed E-state index contributed by atoms with van der Waals surface area (Å²) in [7, 11) is 0. The molecule has 2 aliphatic rings. The van der Waals surface area contributed by atoms with Gasteiger partial charge in [0.25, 0.3) is 0 Å². The molecular formula is C9H13NO2. The van der Waals surface area contributed by atoms with Crippen molar-refractivity contribution in [2.75, 3.05) is 0 Å². The maximum atomic E-state index is 11.4. The van der Waals surface area contributed by atoms with Crippen molar-refractivity contribution in [3.8, 4) is 0 Å². The molecule has 2 atom stereocenters. The van der Waals surface area contributed by atoms with Gasteiger partial charge in [0.05, 0.1) is 0 Å². The zero-order chi connectivity index (χ0) is 8.88. The fourth-order valence-corrected chi connectivity index (χ4v) is 2.27. The third-order valence-corrected chi connectivity index (χ3v) is 2.93. The lowest BCUT2D eigenvalue weighted by atomic mass is 10.0. The lowest BCUT2D eigenvalue weighted by molar-refractivity contribution is -0.143. The topological polar surface area (TPSA) is 37.4 Å². The second-order valence-corrected chi connectivity index (χ2v) is 3.97. The molecule has 0 bridgehead atoms. The summed E-state index contributed by atoms with van der Waals surface area (Å²) < 4.78 is 0. The summed E-state index contributed by atoms with van der Waals surface area (Å²) in [5.41, 5.74) is 0. The Balaban J connectivity index is 2.26. The highest BCUT2D eigenvalue weighted by molar-refractivity contribution is 6.00. The average molecular weight is 167 g/mol. The Hall–Kier alpha value is -0.860. The standard InChI is InChI=1S/C9H13NO2/c1-5-3-7-4-6(2)9(12)10(7)8(5)11/h5-7H,3-4H2,1-2H3/t5-,6-/m0/s1. The molecule has 0 aromatic carbocycles. The number of carbonyl (C=O) groups excluding carboxylic acids is 2. The highest BCUT2D eigenvalue weighted by atomic mass is 16.2. The molecule has 0 radical (unpaired) electrons. The first-order valence-corrected chi connectivity index (χ1v) is 4.48. The summed E-state index contributed by atoms with van der Waals surface area (Å²) in [6, 6.07) is 0.218. The van der Waals surface area contributed by atoms with Crippen LogP contribution in [0.4, 0.5) is 0 Å². The van der Waals surface area contributed by atoms with Gasteiger partial charge < -0.3 is 0 Å². The molecule has 2 aliphatic heterocycles. The third kappa shape index (κ3) is 0.822. The van der Waals surface area contributed by atoms with E-state index < -0.39 is 0 Å². The molecule has 2 amide bonds. The minimum atomic E-state index is 0.0364. The van der Waals surface area contributed by atoms with Crippen LogP contribution in [0.3, 0.4) is 0 Å². The Labute approximate surface area is 71.7 Å². The lowest BCUT2D eigenvalue weighted by Crippen LogP contribution is -2.33. The minimum Gasteiger partial charge on any atom is -0.279 e. The van der Waals surface area contributed by atoms with Crippen LogP contribution in [0.1, 0.15) is 26.7 Å². The predicted octanol–water partition coefficient (Wildman–Crippen LogP) is 0.790. The van der Waals surface area contributed by atoms with Crippen LogP contribution in [-0.2, 0) is 9.59 Å². The molecule has 0 aliphatic carbocycles. The van der Waals surface area contributed by atoms with Crippen molar-refractivity contribution in [3.05, 3.63) is 0 Å². The monoisotopic (exact) mass is 167 g/mol. The molecule has 2 rings (SSSR count). The van der Waals surface area contributed by atoms with Gasteiger partial charge in [-0.25, -0.2) is 0 Å². The molecule has 2 fully saturated rings. The van der Waals surface area contributed by atoms with Crippen molar-refractivity contribution < 1.29 is 9.59 Å². The van der Waals surface area contributed by atoms with Crippen LogP contribution < -0.4 is 0 Å². The number of imide groups is 1. The second kappa shape index (κ2) is 2.31. The molecule has 0 unspecified atom stereocenters. The Morgan fingerprint density at radius 1 is 1.08 bits per heavy atom. The SMILES string of the molecule is C[C@H]1CC2C[C@H](C)C(=O)N2C1=O. The van der Waals surface area contributed by atoms with Crippen molar-refractivity contribution in [2.45, 2.75) is 32.7 Å². The van der Waals surface area contributed by atoms with E-state index in [4.69, 9.17) is 0 Å². The lowest BCUT2D eigenvalue weighted by Gasteiger charge is -2.12. The van der Waals surface area contributed by atoms with Gasteiger partial charge in [0.1, 0.15) is 0 Å². The third-order valence-electron chi connectivity index (χ3n) is 2.93. The van der Waals surface area contributed by atoms with E-state index in [2.05, 4.69) is 0 Å². The van der Waals surface area contributed by atoms with Crippen molar-refractivity contribution in [3.63, 3.8) is 0 Å². The van der Waals surface area contributed by atoms with E-state index >= 15 is 0 Å². The van der Waals surface area contributed by atoms with Crippen LogP contribution in [0, 0.1) is 11.8 Å². The van der Waals surface area contributed by atoms with Crippen LogP contribution in [0.15, 0.2) is 0 Å². The molecule has 0 spiro atoms. The zero-order valence-electron chi connectivity index (χ0n) is 7.41. The number of amides is 2. The number of nitrogens with zero attached hydrogens (tertiary/aromatic N) is 1. The number of carbonyl (C=O) groups is 2. The smallest absolute Gasteiger partial charge is 0.232 e. The normalized spacial score (nSPS) is 36.3. The molecule has 12 heavy (non-hydrogen) atoms. The van der Waals surface area contributed by atoms with E-state index in [1.807, 2.05) is 13.8 Å². The number of hydrogen-bond acceptors (Lipinski definition) is 2. The fraction of sp³-hybridized carbons (Fsp3) is 0.778. The maximum absolute atomic E-state index is 11.4. The second-order valence-electron chi connectivity index (χ2n) is 3.97. The van der Waals surface area contributed by atoms with Gasteiger partial charge in [0.2, 0.25) is 11.8 Å². The zero-order valence-corrected chi connectivity index (χ0v) is 7.41. The van der Waals surface area contributed by atoms with Crippen molar-refractivity contribution in [1.82, 2.24) is 4.90 Å². The molecule has 3 heteroatoms. The molecule has 2 heterocycles. The van der Waals surface area contributed by atoms with E-state index in [-0.39, 0.29) is 29.7 Å². The van der Waals surface area contributed by atoms with Gasteiger partial charge in [0, 0.05) is 17.9 Å². The van der Waals surface area contributed by atoms with E-state index in [0.717, 1.165) is 12.8 Å². The highest BCUT2D eigenvalue weighted by Crippen LogP contribution is 2.35. The number of hydrogen-bond donors (Lipinski definition) is 0. The van der Waals surface area contributed by atoms with Crippen LogP contribution in [0.5, 0.6) is 0 Å². The first kappa shape index (κ1) is 7.77. The van der Waals surface area contributed by atoms with Gasteiger partial charge in [-0.1, -0.05) is 13.8 Å². The number of fused-ring (bicyclic) bond motifs is 1. The fourth-order valence-electron chi connectivity index (χ4n) is 2.27. The first-order chi connectivity index (χ1) is 5.61. The molecule has 0 aromatic rings. The van der Waals surface area contributed by atoms with Crippen molar-refractivity contribution >= 4 is 11.8 Å². The summed E-state index contributed by atoms with van der Waals surface area (Å²) in [5.74, 6) is 0.196. The Kier molecular flexibility index (Phi) is 1.50. The average Bonchev–Trinajstić information content (AvgIpc) is 2.40. The Morgan fingerprint density at radius 2 is 1.50 bits per heavy atom. The van der Waals surface area contributed by atoms with Crippen LogP contribution in [0.2, 0.25) is 0 Å². The van der Waals surface area contributed by atoms with Crippen molar-refractivity contribution in [2.24, 2.45) is 11.8 Å². The van der Waals surface area contributed by atoms with Crippen LogP contribution in [-0.4, -0.2) is 22.8 Å². The minimum absolute atomic E-state index is 0.0364. The highest BCUT2D eigenvalue weighted by Gasteiger charge is 2.47. The van der Waals surface area contributed by atoms with Crippen LogP contribution in [0.25, 0.3) is 0 Å². The van der Waals surface area contributed by atoms with Crippen molar-refractivity contribution in [1.29, 1.82) is 0 Å². The van der Waals surface area contributed by atoms with Gasteiger partial charge in [-0.3, -0.25) is 14.5 Å². The molecular weight excluding hydrogens is 154 g/mol. The Bertz CT molecular complexity index is 225. The van der Waals surface area contributed by atoms with Gasteiger partial charge >= 0.3 is 0 Å². The summed E-state index contributed by atoms with van der Waals surface area (Å²) >= 11 is 0. The molecule has 66 valence electrons. The van der Waals surface area contributed by atoms with Gasteiger partial charge in [0.15, 0.2) is 0 Å². The summed E-state index contributed by atoms with van der Waals surface area (Å²) in [6.07, 6.45) is 1.74. The number of rotatable bonds is 0. The largest absolute Gasteiger partial charge is 0.279 e. The quantitative estimate of drug-likeness (QED) is 0.500. The molecule has 0 saturated carbocycles. The predicted molar refractivity (Wildman–Crippen MR) is 43.2 cm³/mol.